The van der Waals surface area contributed by atoms with Gasteiger partial charge in [0.25, 0.3) is 0 Å². The van der Waals surface area contributed by atoms with Crippen LogP contribution in [0.15, 0.2) is 0 Å². The standard InChI is InChI=1S/C15H30N2O4/c1-11(16-12(2)9-18)8-13-10-20-7-6-17(13)14(19)21-15(3,4)5/h11-13,16,18H,6-10H2,1-5H3/t11?,12-,13?/m1/s1. The van der Waals surface area contributed by atoms with Gasteiger partial charge in [-0.1, -0.05) is 0 Å². The minimum Gasteiger partial charge on any atom is -0.444 e. The molecule has 2 N–H and O–H groups in total. The van der Waals surface area contributed by atoms with Crippen LogP contribution < -0.4 is 5.32 Å². The fourth-order valence-electron chi connectivity index (χ4n) is 2.43. The van der Waals surface area contributed by atoms with E-state index in [-0.39, 0.29) is 30.8 Å². The lowest BCUT2D eigenvalue weighted by molar-refractivity contribution is -0.0358. The normalized spacial score (nSPS) is 22.8. The van der Waals surface area contributed by atoms with Crippen molar-refractivity contribution in [1.29, 1.82) is 0 Å². The van der Waals surface area contributed by atoms with E-state index in [0.717, 1.165) is 6.42 Å². The maximum atomic E-state index is 12.3. The van der Waals surface area contributed by atoms with E-state index in [1.54, 1.807) is 4.90 Å². The molecule has 1 amide bonds. The lowest BCUT2D eigenvalue weighted by Crippen LogP contribution is -2.52. The third kappa shape index (κ3) is 6.63. The van der Waals surface area contributed by atoms with Crippen LogP contribution in [-0.2, 0) is 9.47 Å². The highest BCUT2D eigenvalue weighted by atomic mass is 16.6. The zero-order valence-corrected chi connectivity index (χ0v) is 13.9. The number of carbonyl (C=O) groups excluding carboxylic acids is 1. The fraction of sp³-hybridized carbons (Fsp3) is 0.933. The quantitative estimate of drug-likeness (QED) is 0.802. The van der Waals surface area contributed by atoms with E-state index < -0.39 is 5.60 Å². The summed E-state index contributed by atoms with van der Waals surface area (Å²) in [5.74, 6) is 0. The van der Waals surface area contributed by atoms with Crippen molar-refractivity contribution in [2.45, 2.75) is 64.8 Å². The van der Waals surface area contributed by atoms with Crippen molar-refractivity contribution < 1.29 is 19.4 Å². The molecule has 0 aromatic rings. The molecular formula is C15H30N2O4. The summed E-state index contributed by atoms with van der Waals surface area (Å²) in [5.41, 5.74) is -0.491. The molecule has 0 aliphatic carbocycles. The van der Waals surface area contributed by atoms with E-state index in [2.05, 4.69) is 5.32 Å². The molecule has 0 saturated carbocycles. The number of morpholine rings is 1. The number of nitrogens with one attached hydrogen (secondary N) is 1. The average Bonchev–Trinajstić information content (AvgIpc) is 2.36. The molecule has 1 aliphatic heterocycles. The van der Waals surface area contributed by atoms with Gasteiger partial charge in [-0.3, -0.25) is 0 Å². The molecule has 1 aliphatic rings. The highest BCUT2D eigenvalue weighted by molar-refractivity contribution is 5.68. The van der Waals surface area contributed by atoms with Crippen molar-refractivity contribution in [3.8, 4) is 0 Å². The molecule has 0 aromatic carbocycles. The van der Waals surface area contributed by atoms with Crippen LogP contribution in [0, 0.1) is 0 Å². The van der Waals surface area contributed by atoms with Gasteiger partial charge in [-0.15, -0.1) is 0 Å². The maximum Gasteiger partial charge on any atom is 0.410 e. The Morgan fingerprint density at radius 1 is 1.43 bits per heavy atom. The largest absolute Gasteiger partial charge is 0.444 e. The average molecular weight is 302 g/mol. The molecule has 0 radical (unpaired) electrons. The molecule has 124 valence electrons. The molecule has 1 heterocycles. The van der Waals surface area contributed by atoms with Crippen molar-refractivity contribution in [2.75, 3.05) is 26.4 Å². The summed E-state index contributed by atoms with van der Waals surface area (Å²) in [6.07, 6.45) is 0.488. The van der Waals surface area contributed by atoms with Gasteiger partial charge in [0, 0.05) is 18.6 Å². The first-order valence-corrected chi connectivity index (χ1v) is 7.67. The van der Waals surface area contributed by atoms with Crippen LogP contribution in [0.4, 0.5) is 4.79 Å². The zero-order valence-electron chi connectivity index (χ0n) is 13.9. The Morgan fingerprint density at radius 3 is 2.67 bits per heavy atom. The lowest BCUT2D eigenvalue weighted by atomic mass is 10.1. The summed E-state index contributed by atoms with van der Waals surface area (Å²) in [7, 11) is 0. The number of hydrogen-bond donors (Lipinski definition) is 2. The van der Waals surface area contributed by atoms with Crippen LogP contribution in [0.1, 0.15) is 41.0 Å². The number of rotatable bonds is 5. The summed E-state index contributed by atoms with van der Waals surface area (Å²) in [6.45, 7) is 11.3. The second-order valence-electron chi connectivity index (χ2n) is 6.79. The van der Waals surface area contributed by atoms with Crippen molar-refractivity contribution >= 4 is 6.09 Å². The van der Waals surface area contributed by atoms with Gasteiger partial charge in [0.1, 0.15) is 5.60 Å². The molecule has 0 bridgehead atoms. The molecule has 2 unspecified atom stereocenters. The number of hydrogen-bond acceptors (Lipinski definition) is 5. The van der Waals surface area contributed by atoms with Gasteiger partial charge in [-0.05, 0) is 41.0 Å². The van der Waals surface area contributed by atoms with Gasteiger partial charge in [0.05, 0.1) is 25.9 Å². The maximum absolute atomic E-state index is 12.3. The Kier molecular flexibility index (Phi) is 6.90. The lowest BCUT2D eigenvalue weighted by Gasteiger charge is -2.38. The summed E-state index contributed by atoms with van der Waals surface area (Å²) in [6, 6.07) is 0.227. The molecule has 1 rings (SSSR count). The van der Waals surface area contributed by atoms with Crippen molar-refractivity contribution in [3.05, 3.63) is 0 Å². The minimum atomic E-state index is -0.491. The zero-order chi connectivity index (χ0) is 16.0. The third-order valence-electron chi connectivity index (χ3n) is 3.32. The van der Waals surface area contributed by atoms with Crippen LogP contribution in [-0.4, -0.2) is 66.2 Å². The second-order valence-corrected chi connectivity index (χ2v) is 6.79. The second kappa shape index (κ2) is 7.96. The molecule has 6 heteroatoms. The van der Waals surface area contributed by atoms with Crippen LogP contribution in [0.3, 0.4) is 0 Å². The van der Waals surface area contributed by atoms with Gasteiger partial charge in [-0.25, -0.2) is 4.79 Å². The Balaban J connectivity index is 2.58. The molecular weight excluding hydrogens is 272 g/mol. The Morgan fingerprint density at radius 2 is 2.10 bits per heavy atom. The van der Waals surface area contributed by atoms with E-state index in [1.807, 2.05) is 34.6 Å². The first kappa shape index (κ1) is 18.2. The van der Waals surface area contributed by atoms with E-state index in [0.29, 0.717) is 19.8 Å². The van der Waals surface area contributed by atoms with E-state index in [9.17, 15) is 4.79 Å². The van der Waals surface area contributed by atoms with Crippen molar-refractivity contribution in [2.24, 2.45) is 0 Å². The van der Waals surface area contributed by atoms with E-state index in [1.165, 1.54) is 0 Å². The first-order chi connectivity index (χ1) is 9.73. The van der Waals surface area contributed by atoms with Gasteiger partial charge in [0.2, 0.25) is 0 Å². The number of amides is 1. The minimum absolute atomic E-state index is 0.00185. The van der Waals surface area contributed by atoms with E-state index in [4.69, 9.17) is 14.6 Å². The summed E-state index contributed by atoms with van der Waals surface area (Å²) in [5, 5.41) is 12.4. The van der Waals surface area contributed by atoms with Crippen LogP contribution >= 0.6 is 0 Å². The molecule has 1 fully saturated rings. The Hall–Kier alpha value is -0.850. The third-order valence-corrected chi connectivity index (χ3v) is 3.32. The fourth-order valence-corrected chi connectivity index (χ4v) is 2.43. The summed E-state index contributed by atoms with van der Waals surface area (Å²) < 4.78 is 11.0. The molecule has 6 nitrogen and oxygen atoms in total. The van der Waals surface area contributed by atoms with Gasteiger partial charge >= 0.3 is 6.09 Å². The molecule has 3 atom stereocenters. The number of carbonyl (C=O) groups is 1. The van der Waals surface area contributed by atoms with Crippen molar-refractivity contribution in [3.63, 3.8) is 0 Å². The van der Waals surface area contributed by atoms with Crippen LogP contribution in [0.5, 0.6) is 0 Å². The van der Waals surface area contributed by atoms with Crippen LogP contribution in [0.2, 0.25) is 0 Å². The topological polar surface area (TPSA) is 71.0 Å². The Labute approximate surface area is 127 Å². The summed E-state index contributed by atoms with van der Waals surface area (Å²) >= 11 is 0. The first-order valence-electron chi connectivity index (χ1n) is 7.67. The van der Waals surface area contributed by atoms with E-state index >= 15 is 0 Å². The van der Waals surface area contributed by atoms with Gasteiger partial charge < -0.3 is 24.8 Å². The highest BCUT2D eigenvalue weighted by Gasteiger charge is 2.31. The monoisotopic (exact) mass is 302 g/mol. The smallest absolute Gasteiger partial charge is 0.410 e. The molecule has 21 heavy (non-hydrogen) atoms. The highest BCUT2D eigenvalue weighted by Crippen LogP contribution is 2.17. The number of aliphatic hydroxyl groups is 1. The predicted molar refractivity (Wildman–Crippen MR) is 81.3 cm³/mol. The SMILES string of the molecule is CC(CC1COCCN1C(=O)OC(C)(C)C)N[C@H](C)CO. The number of ether oxygens (including phenoxy) is 2. The van der Waals surface area contributed by atoms with Gasteiger partial charge in [-0.2, -0.15) is 0 Å². The predicted octanol–water partition coefficient (Wildman–Crippen LogP) is 1.37. The molecule has 1 saturated heterocycles. The van der Waals surface area contributed by atoms with Crippen molar-refractivity contribution in [1.82, 2.24) is 10.2 Å². The van der Waals surface area contributed by atoms with Gasteiger partial charge in [0.15, 0.2) is 0 Å². The molecule has 0 spiro atoms. The van der Waals surface area contributed by atoms with Crippen LogP contribution in [0.25, 0.3) is 0 Å². The number of nitrogens with zero attached hydrogens (tertiary/aromatic N) is 1. The number of aliphatic hydroxyl groups excluding tert-OH is 1. The summed E-state index contributed by atoms with van der Waals surface area (Å²) in [4.78, 5) is 14.0. The Bertz CT molecular complexity index is 330. The molecule has 0 aromatic heterocycles.